The predicted octanol–water partition coefficient (Wildman–Crippen LogP) is 3.30. The molecule has 2 heterocycles. The Balaban J connectivity index is 1.79. The highest BCUT2D eigenvalue weighted by Crippen LogP contribution is 2.36. The van der Waals surface area contributed by atoms with Crippen molar-refractivity contribution < 1.29 is 4.79 Å². The fourth-order valence-corrected chi connectivity index (χ4v) is 3.87. The van der Waals surface area contributed by atoms with E-state index >= 15 is 0 Å². The van der Waals surface area contributed by atoms with Crippen LogP contribution in [0.3, 0.4) is 0 Å². The zero-order valence-electron chi connectivity index (χ0n) is 13.4. The van der Waals surface area contributed by atoms with Crippen molar-refractivity contribution in [2.45, 2.75) is 25.8 Å². The van der Waals surface area contributed by atoms with Gasteiger partial charge in [0, 0.05) is 30.3 Å². The van der Waals surface area contributed by atoms with Crippen molar-refractivity contribution >= 4 is 33.4 Å². The summed E-state index contributed by atoms with van der Waals surface area (Å²) in [6, 6.07) is 13.5. The highest BCUT2D eigenvalue weighted by Gasteiger charge is 2.30. The standard InChI is InChI=1S/C20H18N2O2/c23-18(12-13-8-9-13)21-10-11-22-16-6-2-1-4-14(16)20(24)15-5-3-7-17(21)19(15)22/h1-7,13H,8-12H2. The third kappa shape index (κ3) is 1.92. The first-order valence-corrected chi connectivity index (χ1v) is 8.58. The Morgan fingerprint density at radius 3 is 2.62 bits per heavy atom. The fraction of sp³-hybridized carbons (Fsp3) is 0.300. The summed E-state index contributed by atoms with van der Waals surface area (Å²) < 4.78 is 2.20. The molecule has 0 N–H and O–H groups in total. The quantitative estimate of drug-likeness (QED) is 0.680. The molecule has 1 aliphatic heterocycles. The van der Waals surface area contributed by atoms with Crippen LogP contribution in [-0.4, -0.2) is 17.0 Å². The Bertz CT molecular complexity index is 1050. The molecule has 0 unspecified atom stereocenters. The van der Waals surface area contributed by atoms with Gasteiger partial charge in [-0.25, -0.2) is 0 Å². The number of fused-ring (bicyclic) bond motifs is 2. The molecule has 0 bridgehead atoms. The van der Waals surface area contributed by atoms with Crippen molar-refractivity contribution in [3.05, 3.63) is 52.7 Å². The number of rotatable bonds is 2. The zero-order valence-corrected chi connectivity index (χ0v) is 13.4. The molecule has 4 nitrogen and oxygen atoms in total. The first kappa shape index (κ1) is 13.8. The van der Waals surface area contributed by atoms with E-state index < -0.39 is 0 Å². The summed E-state index contributed by atoms with van der Waals surface area (Å²) in [6.45, 7) is 1.40. The molecule has 1 fully saturated rings. The summed E-state index contributed by atoms with van der Waals surface area (Å²) in [5.74, 6) is 0.759. The predicted molar refractivity (Wildman–Crippen MR) is 95.4 cm³/mol. The maximum Gasteiger partial charge on any atom is 0.227 e. The van der Waals surface area contributed by atoms with Gasteiger partial charge in [-0.1, -0.05) is 18.2 Å². The van der Waals surface area contributed by atoms with Gasteiger partial charge in [0.1, 0.15) is 0 Å². The summed E-state index contributed by atoms with van der Waals surface area (Å²) in [7, 11) is 0. The van der Waals surface area contributed by atoms with E-state index in [1.54, 1.807) is 0 Å². The van der Waals surface area contributed by atoms with Crippen LogP contribution in [-0.2, 0) is 11.3 Å². The SMILES string of the molecule is O=C(CC1CC1)N1CCn2c3ccccc3c(=O)c3cccc1c32. The minimum Gasteiger partial charge on any atom is -0.337 e. The molecule has 4 heteroatoms. The van der Waals surface area contributed by atoms with E-state index in [0.29, 0.717) is 24.3 Å². The lowest BCUT2D eigenvalue weighted by atomic mass is 10.1. The first-order valence-electron chi connectivity index (χ1n) is 8.58. The third-order valence-corrected chi connectivity index (χ3v) is 5.27. The molecule has 3 aromatic rings. The van der Waals surface area contributed by atoms with Crippen LogP contribution in [0.5, 0.6) is 0 Å². The lowest BCUT2D eigenvalue weighted by Gasteiger charge is -2.31. The van der Waals surface area contributed by atoms with E-state index in [1.807, 2.05) is 47.4 Å². The summed E-state index contributed by atoms with van der Waals surface area (Å²) in [5.41, 5.74) is 2.79. The van der Waals surface area contributed by atoms with Gasteiger partial charge in [0.15, 0.2) is 5.43 Å². The van der Waals surface area contributed by atoms with Crippen molar-refractivity contribution in [2.75, 3.05) is 11.4 Å². The number of hydrogen-bond acceptors (Lipinski definition) is 2. The van der Waals surface area contributed by atoms with Gasteiger partial charge in [-0.2, -0.15) is 0 Å². The van der Waals surface area contributed by atoms with E-state index in [2.05, 4.69) is 4.57 Å². The van der Waals surface area contributed by atoms with Crippen molar-refractivity contribution in [3.63, 3.8) is 0 Å². The number of aromatic nitrogens is 1. The van der Waals surface area contributed by atoms with Crippen LogP contribution in [0.1, 0.15) is 19.3 Å². The minimum atomic E-state index is 0.0511. The fourth-order valence-electron chi connectivity index (χ4n) is 3.87. The molecule has 24 heavy (non-hydrogen) atoms. The second kappa shape index (κ2) is 4.94. The van der Waals surface area contributed by atoms with Gasteiger partial charge in [-0.15, -0.1) is 0 Å². The van der Waals surface area contributed by atoms with Crippen LogP contribution in [0.15, 0.2) is 47.3 Å². The third-order valence-electron chi connectivity index (χ3n) is 5.27. The normalized spacial score (nSPS) is 16.8. The van der Waals surface area contributed by atoms with Crippen LogP contribution in [0, 0.1) is 5.92 Å². The topological polar surface area (TPSA) is 42.3 Å². The second-order valence-electron chi connectivity index (χ2n) is 6.86. The molecule has 0 saturated heterocycles. The molecule has 2 aliphatic rings. The number of amides is 1. The number of hydrogen-bond donors (Lipinski definition) is 0. The van der Waals surface area contributed by atoms with Crippen molar-refractivity contribution in [1.82, 2.24) is 4.57 Å². The van der Waals surface area contributed by atoms with Crippen molar-refractivity contribution in [3.8, 4) is 0 Å². The number of anilines is 1. The maximum absolute atomic E-state index is 12.9. The minimum absolute atomic E-state index is 0.0511. The Kier molecular flexibility index (Phi) is 2.84. The molecule has 1 aromatic heterocycles. The smallest absolute Gasteiger partial charge is 0.227 e. The molecule has 0 radical (unpaired) electrons. The van der Waals surface area contributed by atoms with E-state index in [-0.39, 0.29) is 11.3 Å². The molecule has 0 spiro atoms. The van der Waals surface area contributed by atoms with Gasteiger partial charge in [0.05, 0.1) is 16.7 Å². The first-order chi connectivity index (χ1) is 11.7. The van der Waals surface area contributed by atoms with Gasteiger partial charge in [-0.05, 0) is 43.0 Å². The molecule has 0 atom stereocenters. The Hall–Kier alpha value is -2.62. The highest BCUT2D eigenvalue weighted by molar-refractivity contribution is 6.06. The summed E-state index contributed by atoms with van der Waals surface area (Å²) in [5, 5.41) is 1.45. The van der Waals surface area contributed by atoms with Crippen molar-refractivity contribution in [2.24, 2.45) is 5.92 Å². The molecular formula is C20H18N2O2. The van der Waals surface area contributed by atoms with E-state index in [0.717, 1.165) is 28.7 Å². The lowest BCUT2D eigenvalue weighted by Crippen LogP contribution is -2.38. The highest BCUT2D eigenvalue weighted by atomic mass is 16.2. The van der Waals surface area contributed by atoms with Crippen LogP contribution < -0.4 is 10.3 Å². The average molecular weight is 318 g/mol. The Labute approximate surface area is 139 Å². The Morgan fingerprint density at radius 1 is 1.00 bits per heavy atom. The Morgan fingerprint density at radius 2 is 1.79 bits per heavy atom. The van der Waals surface area contributed by atoms with Crippen LogP contribution in [0.2, 0.25) is 0 Å². The summed E-state index contributed by atoms with van der Waals surface area (Å²) in [6.07, 6.45) is 2.98. The van der Waals surface area contributed by atoms with Gasteiger partial charge in [0.25, 0.3) is 0 Å². The monoisotopic (exact) mass is 318 g/mol. The second-order valence-corrected chi connectivity index (χ2v) is 6.86. The molecule has 2 aromatic carbocycles. The van der Waals surface area contributed by atoms with E-state index in [1.165, 1.54) is 12.8 Å². The molecule has 5 rings (SSSR count). The number of pyridine rings is 1. The number of benzene rings is 2. The zero-order chi connectivity index (χ0) is 16.3. The molecule has 120 valence electrons. The van der Waals surface area contributed by atoms with E-state index in [4.69, 9.17) is 0 Å². The lowest BCUT2D eigenvalue weighted by molar-refractivity contribution is -0.119. The summed E-state index contributed by atoms with van der Waals surface area (Å²) >= 11 is 0. The van der Waals surface area contributed by atoms with Gasteiger partial charge in [-0.3, -0.25) is 9.59 Å². The molecular weight excluding hydrogens is 300 g/mol. The number of para-hydroxylation sites is 2. The average Bonchev–Trinajstić information content (AvgIpc) is 3.43. The van der Waals surface area contributed by atoms with Gasteiger partial charge < -0.3 is 9.47 Å². The largest absolute Gasteiger partial charge is 0.337 e. The van der Waals surface area contributed by atoms with Crippen LogP contribution >= 0.6 is 0 Å². The summed E-state index contributed by atoms with van der Waals surface area (Å²) in [4.78, 5) is 27.4. The number of nitrogens with zero attached hydrogens (tertiary/aromatic N) is 2. The van der Waals surface area contributed by atoms with Gasteiger partial charge >= 0.3 is 0 Å². The number of carbonyl (C=O) groups is 1. The molecule has 1 amide bonds. The van der Waals surface area contributed by atoms with Gasteiger partial charge in [0.2, 0.25) is 5.91 Å². The molecule has 1 saturated carbocycles. The van der Waals surface area contributed by atoms with Crippen LogP contribution in [0.25, 0.3) is 21.8 Å². The maximum atomic E-state index is 12.9. The van der Waals surface area contributed by atoms with E-state index in [9.17, 15) is 9.59 Å². The molecule has 1 aliphatic carbocycles. The number of carbonyl (C=O) groups excluding carboxylic acids is 1. The van der Waals surface area contributed by atoms with Crippen molar-refractivity contribution in [1.29, 1.82) is 0 Å². The van der Waals surface area contributed by atoms with Crippen LogP contribution in [0.4, 0.5) is 5.69 Å².